The number of fused-ring (bicyclic) bond motifs is 1. The van der Waals surface area contributed by atoms with E-state index in [2.05, 4.69) is 15.3 Å². The zero-order valence-electron chi connectivity index (χ0n) is 19.8. The Kier molecular flexibility index (Phi) is 10.2. The first-order valence-corrected chi connectivity index (χ1v) is 14.7. The fraction of sp³-hybridized carbons (Fsp3) is 0.458. The molecule has 2 aromatic heterocycles. The van der Waals surface area contributed by atoms with E-state index in [0.717, 1.165) is 59.5 Å². The molecule has 1 N–H and O–H groups in total. The van der Waals surface area contributed by atoms with Gasteiger partial charge in [-0.25, -0.2) is 9.97 Å². The molecule has 0 bridgehead atoms. The molecule has 1 amide bonds. The minimum Gasteiger partial charge on any atom is -0.431 e. The van der Waals surface area contributed by atoms with Crippen molar-refractivity contribution < 1.29 is 22.4 Å². The maximum Gasteiger partial charge on any atom is 0.420 e. The number of anilines is 1. The average molecular weight is 544 g/mol. The lowest BCUT2D eigenvalue weighted by molar-refractivity contribution is -0.136. The van der Waals surface area contributed by atoms with Crippen molar-refractivity contribution in [1.29, 1.82) is 0 Å². The molecule has 0 unspecified atom stereocenters. The molecule has 0 aliphatic rings. The van der Waals surface area contributed by atoms with E-state index >= 15 is 0 Å². The third kappa shape index (κ3) is 7.82. The molecule has 0 radical (unpaired) electrons. The number of hydrogen-bond donors (Lipinski definition) is 1. The van der Waals surface area contributed by atoms with Crippen LogP contribution in [0.4, 0.5) is 18.9 Å². The van der Waals surface area contributed by atoms with E-state index in [9.17, 15) is 18.0 Å². The van der Waals surface area contributed by atoms with Crippen LogP contribution in [0.25, 0.3) is 11.1 Å². The van der Waals surface area contributed by atoms with Crippen molar-refractivity contribution in [2.45, 2.75) is 66.8 Å². The van der Waals surface area contributed by atoms with Crippen LogP contribution in [0.3, 0.4) is 0 Å². The van der Waals surface area contributed by atoms with Crippen molar-refractivity contribution in [3.05, 3.63) is 35.5 Å². The van der Waals surface area contributed by atoms with E-state index in [1.807, 2.05) is 25.5 Å². The summed E-state index contributed by atoms with van der Waals surface area (Å²) in [6.45, 7) is 1.94. The average Bonchev–Trinajstić information content (AvgIpc) is 3.23. The van der Waals surface area contributed by atoms with Gasteiger partial charge in [-0.2, -0.15) is 13.2 Å². The lowest BCUT2D eigenvalue weighted by Crippen LogP contribution is -2.13. The van der Waals surface area contributed by atoms with Crippen LogP contribution in [0.2, 0.25) is 0 Å². The van der Waals surface area contributed by atoms with Crippen LogP contribution in [-0.4, -0.2) is 34.1 Å². The number of carbonyl (C=O) groups is 1. The molecular formula is C24H28F3N3O2S3. The fourth-order valence-electron chi connectivity index (χ4n) is 3.53. The van der Waals surface area contributed by atoms with E-state index in [0.29, 0.717) is 12.2 Å². The van der Waals surface area contributed by atoms with Gasteiger partial charge in [-0.1, -0.05) is 37.1 Å². The molecule has 3 rings (SSSR count). The molecule has 190 valence electrons. The topological polar surface area (TPSA) is 68.0 Å². The number of amides is 1. The molecule has 3 aromatic rings. The van der Waals surface area contributed by atoms with Gasteiger partial charge in [0.1, 0.15) is 16.1 Å². The molecule has 0 spiro atoms. The zero-order chi connectivity index (χ0) is 25.4. The van der Waals surface area contributed by atoms with Gasteiger partial charge < -0.3 is 9.73 Å². The van der Waals surface area contributed by atoms with Crippen molar-refractivity contribution in [1.82, 2.24) is 9.97 Å². The van der Waals surface area contributed by atoms with Gasteiger partial charge in [0, 0.05) is 22.8 Å². The second-order valence-corrected chi connectivity index (χ2v) is 10.6. The highest BCUT2D eigenvalue weighted by atomic mass is 32.2. The third-order valence-electron chi connectivity index (χ3n) is 5.23. The van der Waals surface area contributed by atoms with Crippen molar-refractivity contribution >= 4 is 58.0 Å². The summed E-state index contributed by atoms with van der Waals surface area (Å²) in [6, 6.07) is 5.84. The summed E-state index contributed by atoms with van der Waals surface area (Å²) in [4.78, 5) is 22.1. The van der Waals surface area contributed by atoms with Gasteiger partial charge in [-0.15, -0.1) is 23.5 Å². The predicted octanol–water partition coefficient (Wildman–Crippen LogP) is 8.07. The second-order valence-electron chi connectivity index (χ2n) is 7.90. The number of carbonyl (C=O) groups excluding carboxylic acids is 1. The van der Waals surface area contributed by atoms with Crippen LogP contribution in [0, 0.1) is 6.92 Å². The molecular weight excluding hydrogens is 515 g/mol. The first-order chi connectivity index (χ1) is 16.7. The van der Waals surface area contributed by atoms with Gasteiger partial charge in [0.25, 0.3) is 5.22 Å². The number of unbranched alkanes of at least 4 members (excludes halogenated alkanes) is 4. The van der Waals surface area contributed by atoms with Crippen molar-refractivity contribution in [2.75, 3.05) is 23.6 Å². The van der Waals surface area contributed by atoms with Gasteiger partial charge in [-0.05, 0) is 50.5 Å². The minimum atomic E-state index is -4.47. The van der Waals surface area contributed by atoms with Crippen LogP contribution >= 0.6 is 35.3 Å². The molecule has 0 saturated heterocycles. The van der Waals surface area contributed by atoms with Crippen LogP contribution in [0.5, 0.6) is 0 Å². The summed E-state index contributed by atoms with van der Waals surface area (Å²) in [5.74, 6) is 0.704. The number of rotatable bonds is 12. The Bertz CT molecular complexity index is 1130. The first kappa shape index (κ1) is 27.7. The number of nitrogens with zero attached hydrogens (tertiary/aromatic N) is 2. The number of aromatic nitrogens is 2. The first-order valence-electron chi connectivity index (χ1n) is 11.2. The van der Waals surface area contributed by atoms with Crippen LogP contribution in [0.15, 0.2) is 43.8 Å². The van der Waals surface area contributed by atoms with Crippen molar-refractivity contribution in [3.63, 3.8) is 0 Å². The number of pyridine rings is 1. The Balaban J connectivity index is 1.35. The lowest BCUT2D eigenvalue weighted by Gasteiger charge is -2.14. The smallest absolute Gasteiger partial charge is 0.420 e. The second kappa shape index (κ2) is 12.9. The van der Waals surface area contributed by atoms with Gasteiger partial charge in [0.2, 0.25) is 5.91 Å². The molecule has 0 atom stereocenters. The molecule has 0 aliphatic carbocycles. The summed E-state index contributed by atoms with van der Waals surface area (Å²) in [5.41, 5.74) is 0.926. The minimum absolute atomic E-state index is 0.00834. The van der Waals surface area contributed by atoms with Gasteiger partial charge in [0.05, 0.1) is 5.69 Å². The maximum absolute atomic E-state index is 13.1. The fourth-order valence-corrected chi connectivity index (χ4v) is 5.67. The van der Waals surface area contributed by atoms with Crippen molar-refractivity contribution in [2.24, 2.45) is 0 Å². The number of nitrogens with one attached hydrogen (secondary N) is 1. The molecule has 0 aliphatic heterocycles. The highest BCUT2D eigenvalue weighted by Crippen LogP contribution is 2.37. The summed E-state index contributed by atoms with van der Waals surface area (Å²) in [6.07, 6.45) is 4.50. The van der Waals surface area contributed by atoms with Crippen LogP contribution < -0.4 is 5.32 Å². The Morgan fingerprint density at radius 3 is 2.51 bits per heavy atom. The standard InChI is InChI=1S/C24H28F3N3O2S3/c1-15-14-18(33-2)20(22(28-15)34-3)30-19(31)12-7-5-4-6-8-13-35-23-29-17-11-9-10-16(21(17)32-23)24(25,26)27/h9-11,14H,4-8,12-13H2,1-3H3,(H,30,31). The number of hydrogen-bond acceptors (Lipinski definition) is 7. The monoisotopic (exact) mass is 543 g/mol. The highest BCUT2D eigenvalue weighted by molar-refractivity contribution is 7.99. The molecule has 1 aromatic carbocycles. The molecule has 0 saturated carbocycles. The summed E-state index contributed by atoms with van der Waals surface area (Å²) in [7, 11) is 0. The number of thioether (sulfide) groups is 3. The SMILES string of the molecule is CSc1cc(C)nc(SC)c1NC(=O)CCCCCCCSc1nc2cccc(C(F)(F)F)c2o1. The number of oxazole rings is 1. The number of para-hydroxylation sites is 1. The Morgan fingerprint density at radius 1 is 1.06 bits per heavy atom. The summed E-state index contributed by atoms with van der Waals surface area (Å²) in [5, 5.41) is 4.11. The quantitative estimate of drug-likeness (QED) is 0.183. The Labute approximate surface area is 215 Å². The largest absolute Gasteiger partial charge is 0.431 e. The van der Waals surface area contributed by atoms with E-state index < -0.39 is 11.7 Å². The van der Waals surface area contributed by atoms with Crippen LogP contribution in [-0.2, 0) is 11.0 Å². The maximum atomic E-state index is 13.1. The summed E-state index contributed by atoms with van der Waals surface area (Å²) < 4.78 is 44.7. The molecule has 35 heavy (non-hydrogen) atoms. The predicted molar refractivity (Wildman–Crippen MR) is 139 cm³/mol. The number of alkyl halides is 3. The highest BCUT2D eigenvalue weighted by Gasteiger charge is 2.34. The zero-order valence-corrected chi connectivity index (χ0v) is 22.3. The Hall–Kier alpha value is -1.85. The van der Waals surface area contributed by atoms with Gasteiger partial charge >= 0.3 is 6.18 Å². The number of halogens is 3. The lowest BCUT2D eigenvalue weighted by atomic mass is 10.1. The van der Waals surface area contributed by atoms with E-state index in [1.54, 1.807) is 11.8 Å². The molecule has 2 heterocycles. The molecule has 5 nitrogen and oxygen atoms in total. The van der Waals surface area contributed by atoms with Crippen molar-refractivity contribution in [3.8, 4) is 0 Å². The van der Waals surface area contributed by atoms with E-state index in [4.69, 9.17) is 4.42 Å². The van der Waals surface area contributed by atoms with E-state index in [1.165, 1.54) is 35.7 Å². The number of aryl methyl sites for hydroxylation is 1. The third-order valence-corrected chi connectivity index (χ3v) is 7.59. The van der Waals surface area contributed by atoms with E-state index in [-0.39, 0.29) is 22.2 Å². The molecule has 0 fully saturated rings. The normalized spacial score (nSPS) is 11.8. The Morgan fingerprint density at radius 2 is 1.80 bits per heavy atom. The van der Waals surface area contributed by atoms with Gasteiger partial charge in [-0.3, -0.25) is 4.79 Å². The molecule has 11 heteroatoms. The summed E-state index contributed by atoms with van der Waals surface area (Å²) >= 11 is 4.43. The van der Waals surface area contributed by atoms with Crippen LogP contribution in [0.1, 0.15) is 49.8 Å². The van der Waals surface area contributed by atoms with Gasteiger partial charge in [0.15, 0.2) is 5.58 Å². The number of benzene rings is 1.